The fourth-order valence-corrected chi connectivity index (χ4v) is 1.76. The van der Waals surface area contributed by atoms with Gasteiger partial charge in [0.05, 0.1) is 0 Å². The van der Waals surface area contributed by atoms with Crippen LogP contribution in [-0.4, -0.2) is 0 Å². The summed E-state index contributed by atoms with van der Waals surface area (Å²) in [6.45, 7) is 13.3. The summed E-state index contributed by atoms with van der Waals surface area (Å²) in [5, 5.41) is 0. The van der Waals surface area contributed by atoms with Crippen LogP contribution in [0.15, 0.2) is 11.1 Å². The van der Waals surface area contributed by atoms with E-state index in [2.05, 4.69) is 27.7 Å². The van der Waals surface area contributed by atoms with Gasteiger partial charge in [-0.25, -0.2) is 0 Å². The minimum atomic E-state index is 0.505. The number of hydrogen-bond donors (Lipinski definition) is 0. The first-order valence-electron chi connectivity index (χ1n) is 5.27. The molecule has 0 heterocycles. The summed E-state index contributed by atoms with van der Waals surface area (Å²) in [4.78, 5) is 0. The fourth-order valence-electron chi connectivity index (χ4n) is 1.76. The van der Waals surface area contributed by atoms with E-state index in [1.54, 1.807) is 11.1 Å². The van der Waals surface area contributed by atoms with Crippen molar-refractivity contribution in [1.82, 2.24) is 0 Å². The summed E-state index contributed by atoms with van der Waals surface area (Å²) in [5.74, 6) is 0. The predicted molar refractivity (Wildman–Crippen MR) is 57.4 cm³/mol. The summed E-state index contributed by atoms with van der Waals surface area (Å²) >= 11 is 0. The highest BCUT2D eigenvalue weighted by molar-refractivity contribution is 5.24. The molecule has 72 valence electrons. The lowest BCUT2D eigenvalue weighted by Crippen LogP contribution is -2.06. The van der Waals surface area contributed by atoms with Crippen molar-refractivity contribution in [3.63, 3.8) is 0 Å². The second kappa shape index (κ2) is 4.69. The zero-order chi connectivity index (χ0) is 9.78. The van der Waals surface area contributed by atoms with E-state index in [1.165, 1.54) is 19.3 Å². The van der Waals surface area contributed by atoms with Gasteiger partial charge in [0.15, 0.2) is 0 Å². The molecular weight excluding hydrogens is 144 g/mol. The van der Waals surface area contributed by atoms with Crippen LogP contribution >= 0.6 is 0 Å². The van der Waals surface area contributed by atoms with Gasteiger partial charge in [0.1, 0.15) is 0 Å². The largest absolute Gasteiger partial charge is 0.0710 e. The predicted octanol–water partition coefficient (Wildman–Crippen LogP) is 4.56. The maximum Gasteiger partial charge on any atom is -0.0142 e. The quantitative estimate of drug-likeness (QED) is 0.503. The van der Waals surface area contributed by atoms with Crippen LogP contribution in [0.3, 0.4) is 0 Å². The van der Waals surface area contributed by atoms with Gasteiger partial charge in [0, 0.05) is 0 Å². The van der Waals surface area contributed by atoms with E-state index in [0.717, 1.165) is 0 Å². The van der Waals surface area contributed by atoms with Crippen molar-refractivity contribution < 1.29 is 0 Å². The van der Waals surface area contributed by atoms with Crippen LogP contribution in [0.1, 0.15) is 60.8 Å². The van der Waals surface area contributed by atoms with Crippen molar-refractivity contribution in [2.24, 2.45) is 5.41 Å². The van der Waals surface area contributed by atoms with Crippen LogP contribution < -0.4 is 0 Å². The average Bonchev–Trinajstić information content (AvgIpc) is 2.32. The highest BCUT2D eigenvalue weighted by Crippen LogP contribution is 2.42. The molecule has 0 N–H and O–H groups in total. The normalized spacial score (nSPS) is 20.5. The molecule has 0 aliphatic heterocycles. The second-order valence-electron chi connectivity index (χ2n) is 3.97. The molecule has 0 aromatic rings. The third-order valence-corrected chi connectivity index (χ3v) is 3.02. The molecule has 1 rings (SSSR count). The van der Waals surface area contributed by atoms with E-state index in [-0.39, 0.29) is 0 Å². The molecule has 0 saturated carbocycles. The van der Waals surface area contributed by atoms with Crippen LogP contribution in [0.25, 0.3) is 0 Å². The zero-order valence-corrected chi connectivity index (χ0v) is 9.62. The van der Waals surface area contributed by atoms with Crippen LogP contribution in [0.5, 0.6) is 0 Å². The molecule has 0 fully saturated rings. The molecule has 0 unspecified atom stereocenters. The van der Waals surface area contributed by atoms with Crippen molar-refractivity contribution in [2.45, 2.75) is 60.8 Å². The Hall–Kier alpha value is -0.260. The van der Waals surface area contributed by atoms with Crippen LogP contribution in [0, 0.1) is 5.41 Å². The molecule has 0 amide bonds. The molecule has 0 saturated heterocycles. The first-order valence-corrected chi connectivity index (χ1v) is 5.27. The van der Waals surface area contributed by atoms with Crippen molar-refractivity contribution in [3.8, 4) is 0 Å². The van der Waals surface area contributed by atoms with Crippen LogP contribution in [0.2, 0.25) is 0 Å². The molecule has 0 nitrogen and oxygen atoms in total. The minimum absolute atomic E-state index is 0.505. The molecule has 0 bridgehead atoms. The lowest BCUT2D eigenvalue weighted by Gasteiger charge is -2.19. The summed E-state index contributed by atoms with van der Waals surface area (Å²) < 4.78 is 0. The Labute approximate surface area is 78.1 Å². The molecule has 0 spiro atoms. The minimum Gasteiger partial charge on any atom is -0.0710 e. The van der Waals surface area contributed by atoms with Crippen molar-refractivity contribution in [3.05, 3.63) is 11.1 Å². The molecule has 0 radical (unpaired) electrons. The first-order chi connectivity index (χ1) is 5.58. The van der Waals surface area contributed by atoms with Gasteiger partial charge in [-0.05, 0) is 31.6 Å². The van der Waals surface area contributed by atoms with Gasteiger partial charge in [0.2, 0.25) is 0 Å². The monoisotopic (exact) mass is 168 g/mol. The Morgan fingerprint density at radius 1 is 1.25 bits per heavy atom. The van der Waals surface area contributed by atoms with Gasteiger partial charge < -0.3 is 0 Å². The van der Waals surface area contributed by atoms with Crippen molar-refractivity contribution in [2.75, 3.05) is 0 Å². The Kier molecular flexibility index (Phi) is 4.59. The molecule has 1 aliphatic rings. The van der Waals surface area contributed by atoms with E-state index < -0.39 is 0 Å². The lowest BCUT2D eigenvalue weighted by atomic mass is 9.86. The lowest BCUT2D eigenvalue weighted by molar-refractivity contribution is 0.443. The van der Waals surface area contributed by atoms with Gasteiger partial charge in [0.25, 0.3) is 0 Å². The van der Waals surface area contributed by atoms with E-state index >= 15 is 0 Å². The molecule has 1 aliphatic carbocycles. The van der Waals surface area contributed by atoms with Gasteiger partial charge in [-0.3, -0.25) is 0 Å². The second-order valence-corrected chi connectivity index (χ2v) is 3.97. The first kappa shape index (κ1) is 11.7. The highest BCUT2D eigenvalue weighted by atomic mass is 14.3. The molecule has 0 aromatic heterocycles. The Bertz CT molecular complexity index is 161. The Morgan fingerprint density at radius 2 is 1.75 bits per heavy atom. The van der Waals surface area contributed by atoms with Crippen molar-refractivity contribution in [1.29, 1.82) is 0 Å². The average molecular weight is 168 g/mol. The van der Waals surface area contributed by atoms with Gasteiger partial charge in [-0.1, -0.05) is 45.8 Å². The molecule has 12 heavy (non-hydrogen) atoms. The highest BCUT2D eigenvalue weighted by Gasteiger charge is 2.27. The summed E-state index contributed by atoms with van der Waals surface area (Å²) in [6.07, 6.45) is 3.96. The summed E-state index contributed by atoms with van der Waals surface area (Å²) in [5.41, 5.74) is 3.85. The van der Waals surface area contributed by atoms with Crippen LogP contribution in [0.4, 0.5) is 0 Å². The number of rotatable bonds is 1. The van der Waals surface area contributed by atoms with Crippen LogP contribution in [-0.2, 0) is 0 Å². The van der Waals surface area contributed by atoms with Gasteiger partial charge >= 0.3 is 0 Å². The zero-order valence-electron chi connectivity index (χ0n) is 9.62. The Balaban J connectivity index is 0.000000561. The third kappa shape index (κ3) is 2.36. The van der Waals surface area contributed by atoms with E-state index in [1.807, 2.05) is 13.8 Å². The topological polar surface area (TPSA) is 0 Å². The standard InChI is InChI=1S/C10H18.C2H6/c1-5-9-6-7-10(3,4)8(9)2;1-2/h5-7H2,1-4H3;1-2H3. The van der Waals surface area contributed by atoms with Gasteiger partial charge in [-0.15, -0.1) is 0 Å². The maximum atomic E-state index is 2.35. The summed E-state index contributed by atoms with van der Waals surface area (Å²) in [6, 6.07) is 0. The number of hydrogen-bond acceptors (Lipinski definition) is 0. The van der Waals surface area contributed by atoms with E-state index in [9.17, 15) is 0 Å². The van der Waals surface area contributed by atoms with Gasteiger partial charge in [-0.2, -0.15) is 0 Å². The van der Waals surface area contributed by atoms with E-state index in [0.29, 0.717) is 5.41 Å². The molecule has 0 aromatic carbocycles. The van der Waals surface area contributed by atoms with E-state index in [4.69, 9.17) is 0 Å². The SMILES string of the molecule is CC.CCC1=C(C)C(C)(C)CC1. The van der Waals surface area contributed by atoms with Crippen molar-refractivity contribution >= 4 is 0 Å². The molecule has 0 heteroatoms. The smallest absolute Gasteiger partial charge is 0.0142 e. The maximum absolute atomic E-state index is 2.35. The summed E-state index contributed by atoms with van der Waals surface area (Å²) in [7, 11) is 0. The fraction of sp³-hybridized carbons (Fsp3) is 0.833. The Morgan fingerprint density at radius 3 is 1.92 bits per heavy atom. The third-order valence-electron chi connectivity index (χ3n) is 3.02. The molecular formula is C12H24. The molecule has 0 atom stereocenters. The number of allylic oxidation sites excluding steroid dienone is 2.